The average molecular weight is 1830 g/mol. The number of imidazole rings is 5. The predicted molar refractivity (Wildman–Crippen MR) is 498 cm³/mol. The van der Waals surface area contributed by atoms with Crippen molar-refractivity contribution in [3.63, 3.8) is 0 Å². The van der Waals surface area contributed by atoms with E-state index < -0.39 is 46.9 Å². The number of benzene rings is 4. The fraction of sp³-hybridized carbons (Fsp3) is 0.320. The van der Waals surface area contributed by atoms with Gasteiger partial charge in [-0.3, -0.25) is 19.2 Å². The van der Waals surface area contributed by atoms with E-state index in [1.165, 1.54) is 76.5 Å². The van der Waals surface area contributed by atoms with Crippen LogP contribution in [0, 0.1) is 51.0 Å². The zero-order valence-corrected chi connectivity index (χ0v) is 75.3. The van der Waals surface area contributed by atoms with Gasteiger partial charge in [0.15, 0.2) is 34.9 Å². The van der Waals surface area contributed by atoms with Crippen molar-refractivity contribution in [3.8, 4) is 68.8 Å². The largest absolute Gasteiger partial charge is 0.327 e. The Morgan fingerprint density at radius 3 is 1.09 bits per heavy atom. The van der Waals surface area contributed by atoms with Crippen LogP contribution in [0.1, 0.15) is 236 Å². The summed E-state index contributed by atoms with van der Waals surface area (Å²) >= 11 is 0. The van der Waals surface area contributed by atoms with E-state index in [2.05, 4.69) is 120 Å². The lowest BCUT2D eigenvalue weighted by atomic mass is 10.1. The van der Waals surface area contributed by atoms with Crippen molar-refractivity contribution in [2.45, 2.75) is 206 Å². The second-order valence-corrected chi connectivity index (χ2v) is 36.0. The van der Waals surface area contributed by atoms with Crippen LogP contribution in [0.4, 0.5) is 40.8 Å². The topological polar surface area (TPSA) is 362 Å². The van der Waals surface area contributed by atoms with Crippen molar-refractivity contribution in [2.24, 2.45) is 0 Å². The van der Waals surface area contributed by atoms with Gasteiger partial charge in [-0.2, -0.15) is 5.10 Å². The third-order valence-corrected chi connectivity index (χ3v) is 25.9. The molecule has 12 aromatic heterocycles. The summed E-state index contributed by atoms with van der Waals surface area (Å²) in [5.74, 6) is 3.01. The standard InChI is InChI=1S/C26H25FN6O.2C25H24FN7O.C24H23FN8O/c1-16-11-20(27)19(12-23(16)32-14-22(29-15-32)17-8-9-17)26(34)31-24-7-4-6-21(30-24)25-28-13-18-5-2-3-10-33(18)25;1-15-11-19(26)18(12-22(15)33-14-21(30-31-33)16-8-9-16)25(34)29-23-7-4-6-20(28-23)24-27-13-17-5-2-3-10-32(17)24;1-15-11-19(26)18(12-21(15)33-14-28-23(31-33)16-8-9-16)25(34)30-22-7-4-6-20(29-22)24-27-13-17-5-2-3-10-32(17)24;1-14-11-18(25)17(12-20(14)33-30-22(29-31-33)15-8-9-15)24(34)28-21-7-4-6-19(27-21)23-26-13-16-5-2-3-10-32(16)23/h4,6-7,11-15,17H,2-3,5,8-10H2,1H3,(H,30,31,34);4,6-7,11-14,16H,2-3,5,8-10H2,1H3,(H,28,29,34);4,6-7,11-14,16H,2-3,5,8-10H2,1H3,(H,29,30,34);4,6-7,11-13,15H,2-3,5,8-10H2,1H3,(H,27,28,34). The first-order valence-electron chi connectivity index (χ1n) is 46.5. The first kappa shape index (κ1) is 87.2. The van der Waals surface area contributed by atoms with Gasteiger partial charge in [0.1, 0.15) is 75.6 Å². The number of carbonyl (C=O) groups is 4. The molecule has 4 saturated carbocycles. The minimum absolute atomic E-state index is 0.0346. The van der Waals surface area contributed by atoms with Crippen molar-refractivity contribution in [2.75, 3.05) is 21.3 Å². The van der Waals surface area contributed by atoms with Crippen LogP contribution in [0.25, 0.3) is 68.8 Å². The Bertz CT molecular complexity index is 6460. The fourth-order valence-electron chi connectivity index (χ4n) is 17.9. The van der Waals surface area contributed by atoms with E-state index in [-0.39, 0.29) is 22.3 Å². The molecule has 136 heavy (non-hydrogen) atoms. The number of nitrogens with one attached hydrogen (secondary N) is 4. The molecule has 0 saturated heterocycles. The van der Waals surface area contributed by atoms with E-state index in [9.17, 15) is 36.7 Å². The lowest BCUT2D eigenvalue weighted by Gasteiger charge is -2.16. The van der Waals surface area contributed by atoms with E-state index in [0.717, 1.165) is 200 Å². The van der Waals surface area contributed by atoms with E-state index in [1.807, 2.05) is 91.1 Å². The number of aryl methyl sites for hydroxylation is 8. The highest BCUT2D eigenvalue weighted by atomic mass is 19.1. The number of halogens is 4. The van der Waals surface area contributed by atoms with Gasteiger partial charge in [0.25, 0.3) is 23.6 Å². The van der Waals surface area contributed by atoms with Gasteiger partial charge in [-0.1, -0.05) is 29.5 Å². The van der Waals surface area contributed by atoms with Gasteiger partial charge in [-0.25, -0.2) is 76.8 Å². The summed E-state index contributed by atoms with van der Waals surface area (Å²) in [5.41, 5.74) is 14.3. The highest BCUT2D eigenvalue weighted by molar-refractivity contribution is 6.07. The van der Waals surface area contributed by atoms with Crippen LogP contribution in [0.2, 0.25) is 0 Å². The molecule has 0 atom stereocenters. The molecule has 0 bridgehead atoms. The molecule has 8 aliphatic rings. The van der Waals surface area contributed by atoms with Crippen molar-refractivity contribution in [1.82, 2.24) is 118 Å². The van der Waals surface area contributed by atoms with Crippen LogP contribution in [0.15, 0.2) is 171 Å². The highest BCUT2D eigenvalue weighted by Crippen LogP contribution is 2.43. The highest BCUT2D eigenvalue weighted by Gasteiger charge is 2.34. The number of pyridine rings is 4. The number of carbonyl (C=O) groups excluding carboxylic acids is 4. The molecular weight excluding hydrogens is 1730 g/mol. The number of fused-ring (bicyclic) bond motifs is 4. The van der Waals surface area contributed by atoms with Crippen LogP contribution >= 0.6 is 0 Å². The number of rotatable bonds is 20. The van der Waals surface area contributed by atoms with Crippen LogP contribution < -0.4 is 21.3 Å². The summed E-state index contributed by atoms with van der Waals surface area (Å²) in [7, 11) is 0. The normalized spacial score (nSPS) is 15.2. The number of hydrogen-bond acceptors (Lipinski definition) is 20. The van der Waals surface area contributed by atoms with Crippen LogP contribution in [-0.4, -0.2) is 141 Å². The fourth-order valence-corrected chi connectivity index (χ4v) is 17.9. The Balaban J connectivity index is 0.000000108. The van der Waals surface area contributed by atoms with Crippen molar-refractivity contribution >= 4 is 46.9 Å². The summed E-state index contributed by atoms with van der Waals surface area (Å²) < 4.78 is 73.0. The first-order chi connectivity index (χ1) is 66.3. The van der Waals surface area contributed by atoms with E-state index in [0.29, 0.717) is 109 Å². The second-order valence-electron chi connectivity index (χ2n) is 36.0. The quantitative estimate of drug-likeness (QED) is 0.0515. The van der Waals surface area contributed by atoms with Crippen LogP contribution in [-0.2, 0) is 51.9 Å². The van der Waals surface area contributed by atoms with Gasteiger partial charge in [0.05, 0.1) is 68.9 Å². The summed E-state index contributed by atoms with van der Waals surface area (Å²) in [5, 5.41) is 36.5. The third-order valence-electron chi connectivity index (χ3n) is 25.9. The molecule has 0 radical (unpaired) electrons. The van der Waals surface area contributed by atoms with E-state index in [4.69, 9.17) is 0 Å². The van der Waals surface area contributed by atoms with Gasteiger partial charge >= 0.3 is 0 Å². The van der Waals surface area contributed by atoms with Crippen molar-refractivity contribution < 1.29 is 36.7 Å². The molecule has 4 N–H and O–H groups in total. The third kappa shape index (κ3) is 18.6. The second kappa shape index (κ2) is 37.1. The maximum Gasteiger partial charge on any atom is 0.259 e. The van der Waals surface area contributed by atoms with Gasteiger partial charge in [0, 0.05) is 104 Å². The maximum absolute atomic E-state index is 14.8. The predicted octanol–water partition coefficient (Wildman–Crippen LogP) is 17.8. The van der Waals surface area contributed by atoms with E-state index >= 15 is 0 Å². The number of amides is 4. The first-order valence-corrected chi connectivity index (χ1v) is 46.5. The molecule has 16 heterocycles. The number of tetrazole rings is 1. The molecular formula is C100H96F4N28O4. The Morgan fingerprint density at radius 2 is 0.691 bits per heavy atom. The van der Waals surface area contributed by atoms with Crippen molar-refractivity contribution in [3.05, 3.63) is 285 Å². The minimum Gasteiger partial charge on any atom is -0.327 e. The molecule has 688 valence electrons. The Kier molecular flexibility index (Phi) is 23.8. The monoisotopic (exact) mass is 1830 g/mol. The average Bonchev–Trinajstić information content (AvgIpc) is 1.68. The lowest BCUT2D eigenvalue weighted by Crippen LogP contribution is -2.17. The summed E-state index contributed by atoms with van der Waals surface area (Å²) in [6, 6.07) is 32.9. The van der Waals surface area contributed by atoms with Gasteiger partial charge in [-0.15, -0.1) is 20.1 Å². The molecule has 16 aromatic rings. The van der Waals surface area contributed by atoms with Gasteiger partial charge in [0.2, 0.25) is 0 Å². The van der Waals surface area contributed by atoms with Crippen LogP contribution in [0.5, 0.6) is 0 Å². The zero-order chi connectivity index (χ0) is 92.9. The molecule has 4 aromatic carbocycles. The molecule has 4 aliphatic heterocycles. The zero-order valence-electron chi connectivity index (χ0n) is 75.3. The lowest BCUT2D eigenvalue weighted by molar-refractivity contribution is 0.101. The molecule has 36 heteroatoms. The Hall–Kier alpha value is -15.5. The van der Waals surface area contributed by atoms with Crippen LogP contribution in [0.3, 0.4) is 0 Å². The Morgan fingerprint density at radius 1 is 0.338 bits per heavy atom. The van der Waals surface area contributed by atoms with Gasteiger partial charge in [-0.05, 0) is 281 Å². The molecule has 4 amide bonds. The maximum atomic E-state index is 14.8. The van der Waals surface area contributed by atoms with Gasteiger partial charge < -0.3 is 44.1 Å². The minimum atomic E-state index is -0.625. The number of aromatic nitrogens is 24. The number of nitrogens with zero attached hydrogens (tertiary/aromatic N) is 24. The summed E-state index contributed by atoms with van der Waals surface area (Å²) in [4.78, 5) is 98.8. The SMILES string of the molecule is Cc1cc(F)c(C(=O)Nc2cccc(-c3ncc4n3CCCC4)n2)cc1-n1cc(C2CC2)nn1.Cc1cc(F)c(C(=O)Nc2cccc(-c3ncc4n3CCCC4)n2)cc1-n1cnc(C2CC2)c1.Cc1cc(F)c(C(=O)Nc2cccc(-c3ncc4n3CCCC4)n2)cc1-n1cnc(C2CC2)n1.Cc1cc(F)c(C(=O)Nc2cccc(-c3ncc4n3CCCC4)n2)cc1-n1nnc(C2CC2)n1. The Labute approximate surface area is 778 Å². The molecule has 24 rings (SSSR count). The number of anilines is 4. The summed E-state index contributed by atoms with van der Waals surface area (Å²) in [6.07, 6.45) is 36.7. The molecule has 0 spiro atoms. The molecule has 0 unspecified atom stereocenters. The van der Waals surface area contributed by atoms with E-state index in [1.54, 1.807) is 79.2 Å². The number of hydrogen-bond donors (Lipinski definition) is 4. The molecule has 32 nitrogen and oxygen atoms in total. The summed E-state index contributed by atoms with van der Waals surface area (Å²) in [6.45, 7) is 10.8. The molecule has 4 fully saturated rings. The smallest absolute Gasteiger partial charge is 0.259 e. The van der Waals surface area contributed by atoms with Crippen molar-refractivity contribution in [1.29, 1.82) is 0 Å². The molecule has 4 aliphatic carbocycles.